The molecule has 1 aromatic rings. The summed E-state index contributed by atoms with van der Waals surface area (Å²) in [6.07, 6.45) is 3.21. The van der Waals surface area contributed by atoms with Crippen LogP contribution in [0.3, 0.4) is 0 Å². The van der Waals surface area contributed by atoms with E-state index in [4.69, 9.17) is 4.74 Å². The maximum Gasteiger partial charge on any atom is 0.165 e. The molecule has 1 saturated heterocycles. The molecule has 17 heavy (non-hydrogen) atoms. The van der Waals surface area contributed by atoms with Crippen molar-refractivity contribution in [3.8, 4) is 5.75 Å². The van der Waals surface area contributed by atoms with E-state index >= 15 is 0 Å². The molecular formula is C13H15F2NO. The van der Waals surface area contributed by atoms with Gasteiger partial charge in [-0.15, -0.1) is 0 Å². The predicted octanol–water partition coefficient (Wildman–Crippen LogP) is 2.71. The first kappa shape index (κ1) is 11.0. The van der Waals surface area contributed by atoms with E-state index in [0.29, 0.717) is 24.2 Å². The highest BCUT2D eigenvalue weighted by Gasteiger charge is 2.27. The summed E-state index contributed by atoms with van der Waals surface area (Å²) in [6.45, 7) is 1.35. The van der Waals surface area contributed by atoms with Gasteiger partial charge < -0.3 is 10.1 Å². The van der Waals surface area contributed by atoms with Crippen molar-refractivity contribution in [1.82, 2.24) is 5.32 Å². The minimum Gasteiger partial charge on any atom is -0.490 e. The first-order valence-electron chi connectivity index (χ1n) is 6.14. The molecule has 2 aliphatic rings. The number of fused-ring (bicyclic) bond motifs is 1. The van der Waals surface area contributed by atoms with E-state index in [9.17, 15) is 8.78 Å². The molecule has 2 aliphatic heterocycles. The van der Waals surface area contributed by atoms with Crippen LogP contribution in [0.15, 0.2) is 6.07 Å². The molecule has 2 nitrogen and oxygen atoms in total. The summed E-state index contributed by atoms with van der Waals surface area (Å²) in [5, 5.41) is 3.20. The van der Waals surface area contributed by atoms with E-state index in [1.54, 1.807) is 0 Å². The van der Waals surface area contributed by atoms with Gasteiger partial charge in [-0.2, -0.15) is 0 Å². The maximum atomic E-state index is 14.3. The third-order valence-electron chi connectivity index (χ3n) is 3.54. The number of benzene rings is 1. The highest BCUT2D eigenvalue weighted by Crippen LogP contribution is 2.36. The van der Waals surface area contributed by atoms with Crippen molar-refractivity contribution < 1.29 is 13.5 Å². The highest BCUT2D eigenvalue weighted by atomic mass is 19.1. The quantitative estimate of drug-likeness (QED) is 0.813. The average Bonchev–Trinajstić information content (AvgIpc) is 2.87. The van der Waals surface area contributed by atoms with Crippen LogP contribution < -0.4 is 10.1 Å². The molecular weight excluding hydrogens is 224 g/mol. The van der Waals surface area contributed by atoms with E-state index < -0.39 is 5.82 Å². The summed E-state index contributed by atoms with van der Waals surface area (Å²) in [6, 6.07) is 1.25. The molecule has 4 heteroatoms. The lowest BCUT2D eigenvalue weighted by atomic mass is 9.97. The fourth-order valence-corrected chi connectivity index (χ4v) is 2.69. The molecule has 2 heterocycles. The molecule has 1 atom stereocenters. The predicted molar refractivity (Wildman–Crippen MR) is 60.2 cm³/mol. The van der Waals surface area contributed by atoms with Crippen LogP contribution in [0.2, 0.25) is 0 Å². The largest absolute Gasteiger partial charge is 0.490 e. The third-order valence-corrected chi connectivity index (χ3v) is 3.54. The van der Waals surface area contributed by atoms with Gasteiger partial charge in [0, 0.05) is 17.2 Å². The molecule has 0 amide bonds. The Morgan fingerprint density at radius 1 is 1.29 bits per heavy atom. The molecule has 0 radical (unpaired) electrons. The van der Waals surface area contributed by atoms with Crippen LogP contribution in [-0.4, -0.2) is 13.2 Å². The zero-order chi connectivity index (χ0) is 11.8. The van der Waals surface area contributed by atoms with Crippen LogP contribution in [0, 0.1) is 11.6 Å². The van der Waals surface area contributed by atoms with Gasteiger partial charge in [-0.25, -0.2) is 8.78 Å². The zero-order valence-corrected chi connectivity index (χ0v) is 9.56. The Morgan fingerprint density at radius 3 is 2.94 bits per heavy atom. The molecule has 3 rings (SSSR count). The van der Waals surface area contributed by atoms with Crippen molar-refractivity contribution in [2.45, 2.75) is 31.7 Å². The number of ether oxygens (including phenoxy) is 1. The summed E-state index contributed by atoms with van der Waals surface area (Å²) in [4.78, 5) is 0. The van der Waals surface area contributed by atoms with Gasteiger partial charge in [0.2, 0.25) is 0 Å². The number of hydrogen-bond donors (Lipinski definition) is 1. The zero-order valence-electron chi connectivity index (χ0n) is 9.56. The first-order valence-corrected chi connectivity index (χ1v) is 6.14. The molecule has 0 spiro atoms. The Bertz CT molecular complexity index is 442. The average molecular weight is 239 g/mol. The summed E-state index contributed by atoms with van der Waals surface area (Å²) >= 11 is 0. The molecule has 1 N–H and O–H groups in total. The standard InChI is InChI=1S/C13H15F2NO/c14-10-7-9(11-4-1-5-16-11)12(15)8-3-2-6-17-13(8)10/h7,11,16H,1-6H2/t11-/m0/s1. The number of nitrogens with one attached hydrogen (secondary N) is 1. The molecule has 92 valence electrons. The second kappa shape index (κ2) is 4.26. The molecule has 0 aliphatic carbocycles. The van der Waals surface area contributed by atoms with E-state index in [2.05, 4.69) is 5.32 Å². The topological polar surface area (TPSA) is 21.3 Å². The van der Waals surface area contributed by atoms with Crippen molar-refractivity contribution >= 4 is 0 Å². The van der Waals surface area contributed by atoms with E-state index in [-0.39, 0.29) is 17.6 Å². The second-order valence-electron chi connectivity index (χ2n) is 4.67. The Kier molecular flexibility index (Phi) is 2.74. The molecule has 0 bridgehead atoms. The van der Waals surface area contributed by atoms with Crippen molar-refractivity contribution in [1.29, 1.82) is 0 Å². The molecule has 1 aromatic carbocycles. The van der Waals surface area contributed by atoms with Gasteiger partial charge in [0.15, 0.2) is 11.6 Å². The summed E-state index contributed by atoms with van der Waals surface area (Å²) < 4.78 is 33.4. The van der Waals surface area contributed by atoms with Crippen LogP contribution in [0.1, 0.15) is 36.4 Å². The Morgan fingerprint density at radius 2 is 2.18 bits per heavy atom. The highest BCUT2D eigenvalue weighted by molar-refractivity contribution is 5.42. The Labute approximate surface area is 99.0 Å². The van der Waals surface area contributed by atoms with Crippen LogP contribution >= 0.6 is 0 Å². The van der Waals surface area contributed by atoms with Gasteiger partial charge in [0.05, 0.1) is 6.61 Å². The normalized spacial score (nSPS) is 23.3. The molecule has 0 saturated carbocycles. The Balaban J connectivity index is 2.07. The molecule has 0 aromatic heterocycles. The SMILES string of the molecule is Fc1cc([C@@H]2CCCN2)c(F)c2c1OCCC2. The lowest BCUT2D eigenvalue weighted by Gasteiger charge is -2.22. The lowest BCUT2D eigenvalue weighted by molar-refractivity contribution is 0.267. The summed E-state index contributed by atoms with van der Waals surface area (Å²) in [5.74, 6) is -0.583. The van der Waals surface area contributed by atoms with Crippen molar-refractivity contribution in [2.75, 3.05) is 13.2 Å². The molecule has 0 unspecified atom stereocenters. The fourth-order valence-electron chi connectivity index (χ4n) is 2.69. The van der Waals surface area contributed by atoms with Crippen LogP contribution in [0.5, 0.6) is 5.75 Å². The number of rotatable bonds is 1. The van der Waals surface area contributed by atoms with Gasteiger partial charge in [-0.3, -0.25) is 0 Å². The number of halogens is 2. The van der Waals surface area contributed by atoms with E-state index in [1.807, 2.05) is 0 Å². The minimum atomic E-state index is -0.426. The molecule has 1 fully saturated rings. The lowest BCUT2D eigenvalue weighted by Crippen LogP contribution is -2.18. The van der Waals surface area contributed by atoms with Gasteiger partial charge >= 0.3 is 0 Å². The van der Waals surface area contributed by atoms with Crippen molar-refractivity contribution in [3.05, 3.63) is 28.8 Å². The van der Waals surface area contributed by atoms with E-state index in [1.165, 1.54) is 6.07 Å². The van der Waals surface area contributed by atoms with Crippen LogP contribution in [0.4, 0.5) is 8.78 Å². The van der Waals surface area contributed by atoms with Crippen LogP contribution in [-0.2, 0) is 6.42 Å². The minimum absolute atomic E-state index is 0.0447. The summed E-state index contributed by atoms with van der Waals surface area (Å²) in [7, 11) is 0. The summed E-state index contributed by atoms with van der Waals surface area (Å²) in [5.41, 5.74) is 0.879. The van der Waals surface area contributed by atoms with Gasteiger partial charge in [0.1, 0.15) is 5.82 Å². The van der Waals surface area contributed by atoms with Crippen molar-refractivity contribution in [3.63, 3.8) is 0 Å². The van der Waals surface area contributed by atoms with Gasteiger partial charge in [-0.05, 0) is 38.3 Å². The first-order chi connectivity index (χ1) is 8.27. The maximum absolute atomic E-state index is 14.3. The van der Waals surface area contributed by atoms with Gasteiger partial charge in [-0.1, -0.05) is 0 Å². The smallest absolute Gasteiger partial charge is 0.165 e. The Hall–Kier alpha value is -1.16. The monoisotopic (exact) mass is 239 g/mol. The van der Waals surface area contributed by atoms with Crippen molar-refractivity contribution in [2.24, 2.45) is 0 Å². The van der Waals surface area contributed by atoms with Crippen LogP contribution in [0.25, 0.3) is 0 Å². The third kappa shape index (κ3) is 1.80. The fraction of sp³-hybridized carbons (Fsp3) is 0.538. The number of hydrogen-bond acceptors (Lipinski definition) is 2. The van der Waals surface area contributed by atoms with Gasteiger partial charge in [0.25, 0.3) is 0 Å². The second-order valence-corrected chi connectivity index (χ2v) is 4.67. The van der Waals surface area contributed by atoms with E-state index in [0.717, 1.165) is 25.8 Å².